The van der Waals surface area contributed by atoms with Crippen LogP contribution in [0.4, 0.5) is 5.95 Å². The molecule has 2 aromatic carbocycles. The predicted molar refractivity (Wildman–Crippen MR) is 242 cm³/mol. The van der Waals surface area contributed by atoms with Crippen LogP contribution in [0, 0.1) is 12.8 Å². The number of amidine groups is 2. The lowest BCUT2D eigenvalue weighted by Gasteiger charge is -2.39. The first-order valence-electron chi connectivity index (χ1n) is 20.7. The summed E-state index contributed by atoms with van der Waals surface area (Å²) in [7, 11) is 5.68. The standard InChI is InChI=1S/C46H54N14O/c1-8-49-17-15-37(47)53-44-51-25-33-32(24-35-39(41(33)55-44)42(59(5)57-35)30-13-9-11-27(2)21-30)29-12-10-14-31(23-29)43-40-36(58-60(43)6)22-28(3)34-26-52-45(56-46(34,40)4)54-38(48)16-18-50-19-20-61-7/h9-18,21,23,25-26,28,32,49-50H,8,19-20,22,24H2,1-7H3,(H2,47,51,53,55)(H3,48,52,54,56)/b17-15-,18-16-/t28-,32?,46?/m0/s1. The molecule has 2 aliphatic carbocycles. The Labute approximate surface area is 356 Å². The first-order valence-corrected chi connectivity index (χ1v) is 20.7. The summed E-state index contributed by atoms with van der Waals surface area (Å²) in [6.45, 7) is 10.5. The Morgan fingerprint density at radius 1 is 0.967 bits per heavy atom. The van der Waals surface area contributed by atoms with Gasteiger partial charge in [0.25, 0.3) is 5.95 Å². The van der Waals surface area contributed by atoms with Gasteiger partial charge in [-0.15, -0.1) is 0 Å². The van der Waals surface area contributed by atoms with Crippen LogP contribution in [0.3, 0.4) is 0 Å². The first-order chi connectivity index (χ1) is 29.5. The molecule has 5 aromatic rings. The number of rotatable bonds is 12. The van der Waals surface area contributed by atoms with Gasteiger partial charge >= 0.3 is 0 Å². The van der Waals surface area contributed by atoms with E-state index in [-0.39, 0.29) is 17.8 Å². The van der Waals surface area contributed by atoms with E-state index in [1.807, 2.05) is 42.8 Å². The van der Waals surface area contributed by atoms with Crippen molar-refractivity contribution in [2.45, 2.75) is 52.0 Å². The molecule has 0 saturated carbocycles. The summed E-state index contributed by atoms with van der Waals surface area (Å²) < 4.78 is 9.07. The van der Waals surface area contributed by atoms with E-state index in [0.29, 0.717) is 37.2 Å². The molecule has 1 aliphatic heterocycles. The molecule has 3 aromatic heterocycles. The fourth-order valence-corrected chi connectivity index (χ4v) is 8.89. The van der Waals surface area contributed by atoms with Gasteiger partial charge in [-0.05, 0) is 68.5 Å². The molecular formula is C46H54N14O. The van der Waals surface area contributed by atoms with Crippen LogP contribution in [-0.4, -0.2) is 74.0 Å². The van der Waals surface area contributed by atoms with Gasteiger partial charge in [0.05, 0.1) is 35.1 Å². The van der Waals surface area contributed by atoms with Gasteiger partial charge in [-0.2, -0.15) is 20.2 Å². The van der Waals surface area contributed by atoms with E-state index in [2.05, 4.69) is 95.2 Å². The molecular weight excluding hydrogens is 765 g/mol. The summed E-state index contributed by atoms with van der Waals surface area (Å²) in [4.78, 5) is 24.4. The summed E-state index contributed by atoms with van der Waals surface area (Å²) in [6.07, 6.45) is 12.4. The van der Waals surface area contributed by atoms with Gasteiger partial charge in [-0.25, -0.2) is 15.0 Å². The largest absolute Gasteiger partial charge is 0.391 e. The van der Waals surface area contributed by atoms with Gasteiger partial charge in [0.15, 0.2) is 0 Å². The fourth-order valence-electron chi connectivity index (χ4n) is 8.89. The highest BCUT2D eigenvalue weighted by Crippen LogP contribution is 2.51. The molecule has 0 spiro atoms. The number of aromatic nitrogens is 6. The van der Waals surface area contributed by atoms with E-state index in [0.717, 1.165) is 80.4 Å². The zero-order valence-electron chi connectivity index (χ0n) is 35.9. The van der Waals surface area contributed by atoms with Crippen LogP contribution in [0.1, 0.15) is 60.3 Å². The van der Waals surface area contributed by atoms with Gasteiger partial charge in [-0.3, -0.25) is 9.36 Å². The molecule has 0 radical (unpaired) electrons. The highest BCUT2D eigenvalue weighted by molar-refractivity contribution is 6.02. The summed E-state index contributed by atoms with van der Waals surface area (Å²) in [5, 5.41) is 19.8. The second kappa shape index (κ2) is 17.0. The van der Waals surface area contributed by atoms with Gasteiger partial charge in [-0.1, -0.05) is 48.9 Å². The molecule has 0 amide bonds. The molecule has 3 atom stereocenters. The first kappa shape index (κ1) is 40.9. The molecule has 61 heavy (non-hydrogen) atoms. The van der Waals surface area contributed by atoms with Crippen LogP contribution in [0.2, 0.25) is 0 Å². The number of aryl methyl sites for hydroxylation is 3. The number of benzene rings is 2. The van der Waals surface area contributed by atoms with E-state index in [9.17, 15) is 0 Å². The minimum absolute atomic E-state index is 0.0975. The van der Waals surface area contributed by atoms with Crippen LogP contribution >= 0.6 is 0 Å². The molecule has 2 unspecified atom stereocenters. The Bertz CT molecular complexity index is 2660. The average molecular weight is 819 g/mol. The summed E-state index contributed by atoms with van der Waals surface area (Å²) in [5.74, 6) is 1.45. The number of methoxy groups -OCH3 is 1. The van der Waals surface area contributed by atoms with Crippen LogP contribution in [0.25, 0.3) is 33.8 Å². The zero-order chi connectivity index (χ0) is 42.8. The monoisotopic (exact) mass is 818 g/mol. The highest BCUT2D eigenvalue weighted by Gasteiger charge is 2.46. The summed E-state index contributed by atoms with van der Waals surface area (Å²) in [5.41, 5.74) is 25.2. The Kier molecular flexibility index (Phi) is 11.4. The molecule has 15 nitrogen and oxygen atoms in total. The van der Waals surface area contributed by atoms with Crippen molar-refractivity contribution < 1.29 is 4.74 Å². The molecule has 4 heterocycles. The molecule has 0 bridgehead atoms. The average Bonchev–Trinajstić information content (AvgIpc) is 3.76. The van der Waals surface area contributed by atoms with E-state index in [1.165, 1.54) is 5.57 Å². The fraction of sp³-hybridized carbons (Fsp3) is 0.326. The van der Waals surface area contributed by atoms with Crippen molar-refractivity contribution in [1.29, 1.82) is 0 Å². The molecule has 0 fully saturated rings. The Hall–Kier alpha value is -6.87. The minimum atomic E-state index is -0.738. The van der Waals surface area contributed by atoms with Crippen molar-refractivity contribution >= 4 is 23.6 Å². The highest BCUT2D eigenvalue weighted by atomic mass is 16.5. The lowest BCUT2D eigenvalue weighted by molar-refractivity contribution is 0.203. The quantitative estimate of drug-likeness (QED) is 0.0617. The Morgan fingerprint density at radius 3 is 2.46 bits per heavy atom. The van der Waals surface area contributed by atoms with Crippen LogP contribution in [-0.2, 0) is 37.2 Å². The normalized spacial score (nSPS) is 19.8. The van der Waals surface area contributed by atoms with Crippen LogP contribution in [0.5, 0.6) is 0 Å². The smallest absolute Gasteiger partial charge is 0.251 e. The van der Waals surface area contributed by atoms with Crippen LogP contribution < -0.4 is 27.4 Å². The van der Waals surface area contributed by atoms with Crippen LogP contribution in [0.15, 0.2) is 106 Å². The second-order valence-electron chi connectivity index (χ2n) is 15.9. The van der Waals surface area contributed by atoms with Crippen molar-refractivity contribution in [3.63, 3.8) is 0 Å². The number of hydrogen-bond acceptors (Lipinski definition) is 11. The number of ether oxygens (including phenoxy) is 1. The Balaban J connectivity index is 1.21. The summed E-state index contributed by atoms with van der Waals surface area (Å²) >= 11 is 0. The molecule has 8 rings (SSSR count). The van der Waals surface area contributed by atoms with Crippen molar-refractivity contribution in [3.05, 3.63) is 125 Å². The lowest BCUT2D eigenvalue weighted by Crippen LogP contribution is -2.40. The number of fused-ring (bicyclic) bond motifs is 6. The number of hydrogen-bond donors (Lipinski definition) is 5. The minimum Gasteiger partial charge on any atom is -0.391 e. The van der Waals surface area contributed by atoms with Gasteiger partial charge < -0.3 is 32.2 Å². The number of aliphatic imine (C=N–C) groups is 3. The third-order valence-corrected chi connectivity index (χ3v) is 11.5. The maximum Gasteiger partial charge on any atom is 0.251 e. The van der Waals surface area contributed by atoms with Gasteiger partial charge in [0, 0.05) is 99.2 Å². The second-order valence-corrected chi connectivity index (χ2v) is 15.9. The number of nitrogens with zero attached hydrogens (tertiary/aromatic N) is 9. The number of nitrogens with two attached hydrogens (primary N) is 2. The molecule has 314 valence electrons. The number of nitrogens with one attached hydrogen (secondary N) is 3. The van der Waals surface area contributed by atoms with E-state index >= 15 is 0 Å². The van der Waals surface area contributed by atoms with Crippen molar-refractivity contribution in [2.75, 3.05) is 26.8 Å². The summed E-state index contributed by atoms with van der Waals surface area (Å²) in [6, 6.07) is 17.2. The predicted octanol–water partition coefficient (Wildman–Crippen LogP) is 5.41. The van der Waals surface area contributed by atoms with Crippen molar-refractivity contribution in [2.24, 2.45) is 46.5 Å². The topological polar surface area (TPSA) is 196 Å². The third-order valence-electron chi connectivity index (χ3n) is 11.5. The van der Waals surface area contributed by atoms with E-state index in [1.54, 1.807) is 31.7 Å². The van der Waals surface area contributed by atoms with Crippen molar-refractivity contribution in [3.8, 4) is 33.8 Å². The van der Waals surface area contributed by atoms with Gasteiger partial charge in [0.2, 0.25) is 5.96 Å². The Morgan fingerprint density at radius 2 is 1.69 bits per heavy atom. The maximum atomic E-state index is 6.33. The van der Waals surface area contributed by atoms with Gasteiger partial charge in [0.1, 0.15) is 17.2 Å². The molecule has 3 aliphatic rings. The third kappa shape index (κ3) is 7.96. The number of guanidine groups is 1. The molecule has 7 N–H and O–H groups in total. The SMILES string of the molecule is CCN/C=C\C(N)=N/c1ncc2c(n1)-c1c(nn(C)c1-c1cccc(C)c1)CC2c1cccc(-c2c3c(nn2C)C[C@H](C)C2=CNC(/N=C(N)\C=C/NCCOC)=NC23C)c1. The van der Waals surface area contributed by atoms with Crippen molar-refractivity contribution in [1.82, 2.24) is 45.5 Å². The lowest BCUT2D eigenvalue weighted by atomic mass is 9.70. The maximum absolute atomic E-state index is 6.33. The van der Waals surface area contributed by atoms with E-state index < -0.39 is 5.54 Å². The zero-order valence-corrected chi connectivity index (χ0v) is 35.9. The van der Waals surface area contributed by atoms with E-state index in [4.69, 9.17) is 41.4 Å². The molecule has 15 heteroatoms. The molecule has 0 saturated heterocycles.